The Morgan fingerprint density at radius 3 is 2.58 bits per heavy atom. The minimum absolute atomic E-state index is 0.00462. The highest BCUT2D eigenvalue weighted by atomic mass is 32.1. The third-order valence-electron chi connectivity index (χ3n) is 6.12. The van der Waals surface area contributed by atoms with Crippen LogP contribution in [0, 0.1) is 6.92 Å². The number of amides is 2. The van der Waals surface area contributed by atoms with Crippen molar-refractivity contribution in [1.82, 2.24) is 9.80 Å². The normalized spacial score (nSPS) is 15.5. The molecule has 1 aliphatic rings. The molecule has 0 N–H and O–H groups in total. The van der Waals surface area contributed by atoms with Crippen molar-refractivity contribution < 1.29 is 9.59 Å². The maximum atomic E-state index is 13.6. The van der Waals surface area contributed by atoms with Gasteiger partial charge in [-0.2, -0.15) is 0 Å². The second-order valence-electron chi connectivity index (χ2n) is 8.40. The number of hydrogen-bond acceptors (Lipinski definition) is 3. The zero-order valence-corrected chi connectivity index (χ0v) is 20.1. The van der Waals surface area contributed by atoms with E-state index in [1.54, 1.807) is 22.3 Å². The van der Waals surface area contributed by atoms with E-state index >= 15 is 0 Å². The predicted molar refractivity (Wildman–Crippen MR) is 135 cm³/mol. The van der Waals surface area contributed by atoms with Gasteiger partial charge in [0.25, 0.3) is 0 Å². The van der Waals surface area contributed by atoms with Gasteiger partial charge >= 0.3 is 0 Å². The van der Waals surface area contributed by atoms with E-state index in [0.717, 1.165) is 24.0 Å². The lowest BCUT2D eigenvalue weighted by molar-refractivity contribution is -0.139. The monoisotopic (exact) mass is 458 g/mol. The minimum Gasteiger partial charge on any atom is -0.330 e. The molecule has 2 amide bonds. The maximum Gasteiger partial charge on any atom is 0.247 e. The lowest BCUT2D eigenvalue weighted by atomic mass is 9.90. The fraction of sp³-hybridized carbons (Fsp3) is 0.286. The van der Waals surface area contributed by atoms with E-state index < -0.39 is 0 Å². The van der Waals surface area contributed by atoms with Gasteiger partial charge in [-0.05, 0) is 59.5 Å². The highest BCUT2D eigenvalue weighted by Crippen LogP contribution is 2.39. The summed E-state index contributed by atoms with van der Waals surface area (Å²) in [5, 5.41) is 2.12. The number of nitrogens with zero attached hydrogens (tertiary/aromatic N) is 2. The summed E-state index contributed by atoms with van der Waals surface area (Å²) in [4.78, 5) is 31.5. The molecule has 33 heavy (non-hydrogen) atoms. The first-order chi connectivity index (χ1) is 16.1. The van der Waals surface area contributed by atoms with Gasteiger partial charge in [0.15, 0.2) is 0 Å². The summed E-state index contributed by atoms with van der Waals surface area (Å²) in [6, 6.07) is 20.1. The first kappa shape index (κ1) is 23.0. The smallest absolute Gasteiger partial charge is 0.247 e. The second-order valence-corrected chi connectivity index (χ2v) is 9.40. The van der Waals surface area contributed by atoms with E-state index in [0.29, 0.717) is 13.1 Å². The molecular formula is C28H30N2O2S. The van der Waals surface area contributed by atoms with E-state index in [2.05, 4.69) is 30.5 Å². The molecule has 3 aromatic rings. The van der Waals surface area contributed by atoms with Gasteiger partial charge < -0.3 is 9.80 Å². The van der Waals surface area contributed by atoms with Crippen molar-refractivity contribution in [3.8, 4) is 0 Å². The molecule has 1 unspecified atom stereocenters. The van der Waals surface area contributed by atoms with Crippen LogP contribution in [-0.2, 0) is 16.0 Å². The third kappa shape index (κ3) is 5.25. The number of carbonyl (C=O) groups is 2. The van der Waals surface area contributed by atoms with Crippen molar-refractivity contribution in [2.45, 2.75) is 32.7 Å². The Morgan fingerprint density at radius 1 is 1.06 bits per heavy atom. The largest absolute Gasteiger partial charge is 0.330 e. The van der Waals surface area contributed by atoms with Crippen molar-refractivity contribution in [3.05, 3.63) is 99.3 Å². The SMILES string of the molecule is CCCN(CC(=O)N1CCc2sccc2C1c1ccccc1C)C(=O)/C=C/c1ccccc1. The van der Waals surface area contributed by atoms with Gasteiger partial charge in [-0.15, -0.1) is 11.3 Å². The van der Waals surface area contributed by atoms with Crippen molar-refractivity contribution in [1.29, 1.82) is 0 Å². The third-order valence-corrected chi connectivity index (χ3v) is 7.12. The summed E-state index contributed by atoms with van der Waals surface area (Å²) in [5.41, 5.74) is 4.51. The molecule has 0 bridgehead atoms. The summed E-state index contributed by atoms with van der Waals surface area (Å²) in [6.45, 7) is 5.43. The van der Waals surface area contributed by atoms with E-state index in [-0.39, 0.29) is 24.4 Å². The Labute approximate surface area is 200 Å². The van der Waals surface area contributed by atoms with Crippen molar-refractivity contribution in [3.63, 3.8) is 0 Å². The highest BCUT2D eigenvalue weighted by molar-refractivity contribution is 7.10. The molecule has 0 aliphatic carbocycles. The van der Waals surface area contributed by atoms with E-state index in [4.69, 9.17) is 0 Å². The molecule has 170 valence electrons. The van der Waals surface area contributed by atoms with Crippen LogP contribution < -0.4 is 0 Å². The van der Waals surface area contributed by atoms with Crippen LogP contribution in [0.15, 0.2) is 72.1 Å². The van der Waals surface area contributed by atoms with Crippen LogP contribution in [0.25, 0.3) is 6.08 Å². The van der Waals surface area contributed by atoms with Gasteiger partial charge in [-0.1, -0.05) is 61.5 Å². The van der Waals surface area contributed by atoms with Crippen molar-refractivity contribution in [2.24, 2.45) is 0 Å². The topological polar surface area (TPSA) is 40.6 Å². The summed E-state index contributed by atoms with van der Waals surface area (Å²) in [7, 11) is 0. The lowest BCUT2D eigenvalue weighted by Gasteiger charge is -2.38. The van der Waals surface area contributed by atoms with E-state index in [9.17, 15) is 9.59 Å². The fourth-order valence-corrected chi connectivity index (χ4v) is 5.35. The van der Waals surface area contributed by atoms with Gasteiger partial charge in [0, 0.05) is 24.0 Å². The summed E-state index contributed by atoms with van der Waals surface area (Å²) in [5.74, 6) is -0.134. The van der Waals surface area contributed by atoms with Crippen LogP contribution in [-0.4, -0.2) is 41.2 Å². The summed E-state index contributed by atoms with van der Waals surface area (Å²) in [6.07, 6.45) is 5.04. The number of rotatable bonds is 7. The van der Waals surface area contributed by atoms with Gasteiger partial charge in [-0.25, -0.2) is 0 Å². The molecule has 0 spiro atoms. The van der Waals surface area contributed by atoms with Gasteiger partial charge in [0.2, 0.25) is 11.8 Å². The molecule has 0 saturated carbocycles. The molecule has 0 saturated heterocycles. The van der Waals surface area contributed by atoms with Gasteiger partial charge in [-0.3, -0.25) is 9.59 Å². The van der Waals surface area contributed by atoms with Gasteiger partial charge in [0.05, 0.1) is 6.04 Å². The number of benzene rings is 2. The highest BCUT2D eigenvalue weighted by Gasteiger charge is 2.34. The van der Waals surface area contributed by atoms with Crippen LogP contribution in [0.3, 0.4) is 0 Å². The predicted octanol–water partition coefficient (Wildman–Crippen LogP) is 5.48. The molecular weight excluding hydrogens is 428 g/mol. The number of hydrogen-bond donors (Lipinski definition) is 0. The molecule has 0 radical (unpaired) electrons. The molecule has 1 aromatic heterocycles. The van der Waals surface area contributed by atoms with Crippen molar-refractivity contribution in [2.75, 3.05) is 19.6 Å². The molecule has 0 fully saturated rings. The van der Waals surface area contributed by atoms with E-state index in [1.807, 2.05) is 60.4 Å². The van der Waals surface area contributed by atoms with Crippen LogP contribution in [0.5, 0.6) is 0 Å². The molecule has 2 heterocycles. The fourth-order valence-electron chi connectivity index (χ4n) is 4.44. The number of aryl methyl sites for hydroxylation is 1. The molecule has 4 rings (SSSR count). The Kier molecular flexibility index (Phi) is 7.40. The summed E-state index contributed by atoms with van der Waals surface area (Å²) < 4.78 is 0. The number of thiophene rings is 1. The lowest BCUT2D eigenvalue weighted by Crippen LogP contribution is -2.46. The zero-order chi connectivity index (χ0) is 23.2. The Morgan fingerprint density at radius 2 is 1.82 bits per heavy atom. The summed E-state index contributed by atoms with van der Waals surface area (Å²) >= 11 is 1.76. The van der Waals surface area contributed by atoms with Crippen LogP contribution >= 0.6 is 11.3 Å². The second kappa shape index (κ2) is 10.6. The minimum atomic E-state index is -0.130. The van der Waals surface area contributed by atoms with Gasteiger partial charge in [0.1, 0.15) is 6.54 Å². The maximum absolute atomic E-state index is 13.6. The average molecular weight is 459 g/mol. The standard InChI is InChI=1S/C28H30N2O2S/c1-3-17-29(26(31)14-13-22-10-5-4-6-11-22)20-27(32)30-18-15-25-24(16-19-33-25)28(30)23-12-8-7-9-21(23)2/h4-14,16,19,28H,3,15,17-18,20H2,1-2H3/b14-13+. The first-order valence-corrected chi connectivity index (χ1v) is 12.4. The molecule has 5 heteroatoms. The van der Waals surface area contributed by atoms with Crippen LogP contribution in [0.4, 0.5) is 0 Å². The molecule has 4 nitrogen and oxygen atoms in total. The molecule has 2 aromatic carbocycles. The first-order valence-electron chi connectivity index (χ1n) is 11.5. The zero-order valence-electron chi connectivity index (χ0n) is 19.2. The Balaban J connectivity index is 1.56. The number of fused-ring (bicyclic) bond motifs is 1. The quantitative estimate of drug-likeness (QED) is 0.440. The number of carbonyl (C=O) groups excluding carboxylic acids is 2. The Bertz CT molecular complexity index is 1140. The van der Waals surface area contributed by atoms with Crippen LogP contribution in [0.1, 0.15) is 46.5 Å². The van der Waals surface area contributed by atoms with Crippen molar-refractivity contribution >= 4 is 29.2 Å². The average Bonchev–Trinajstić information content (AvgIpc) is 3.32. The van der Waals surface area contributed by atoms with Crippen LogP contribution in [0.2, 0.25) is 0 Å². The molecule has 1 aliphatic heterocycles. The Hall–Kier alpha value is -3.18. The van der Waals surface area contributed by atoms with E-state index in [1.165, 1.54) is 16.0 Å². The molecule has 1 atom stereocenters.